The zero-order valence-corrected chi connectivity index (χ0v) is 11.0. The van der Waals surface area contributed by atoms with Crippen LogP contribution in [0.2, 0.25) is 0 Å². The Morgan fingerprint density at radius 2 is 1.59 bits per heavy atom. The van der Waals surface area contributed by atoms with Gasteiger partial charge in [0.15, 0.2) is 0 Å². The molecule has 100 valence electrons. The summed E-state index contributed by atoms with van der Waals surface area (Å²) in [6.45, 7) is 5.72. The van der Waals surface area contributed by atoms with Crippen LogP contribution < -0.4 is 10.6 Å². The Bertz CT molecular complexity index is 242. The second-order valence-corrected chi connectivity index (χ2v) is 4.56. The average molecular weight is 244 g/mol. The van der Waals surface area contributed by atoms with Crippen molar-refractivity contribution >= 4 is 11.8 Å². The second kappa shape index (κ2) is 8.98. The van der Waals surface area contributed by atoms with E-state index in [1.165, 1.54) is 0 Å². The highest BCUT2D eigenvalue weighted by Gasteiger charge is 2.08. The summed E-state index contributed by atoms with van der Waals surface area (Å²) in [5, 5.41) is 14.2. The van der Waals surface area contributed by atoms with Crippen LogP contribution in [0.25, 0.3) is 0 Å². The number of rotatable bonds is 8. The molecular weight excluding hydrogens is 220 g/mol. The van der Waals surface area contributed by atoms with Gasteiger partial charge in [0.05, 0.1) is 0 Å². The van der Waals surface area contributed by atoms with E-state index < -0.39 is 0 Å². The quantitative estimate of drug-likeness (QED) is 0.584. The molecule has 0 spiro atoms. The molecule has 0 fully saturated rings. The molecule has 0 aliphatic carbocycles. The van der Waals surface area contributed by atoms with Gasteiger partial charge in [0.2, 0.25) is 11.8 Å². The third-order valence-corrected chi connectivity index (χ3v) is 2.23. The fraction of sp³-hybridized carbons (Fsp3) is 0.833. The summed E-state index contributed by atoms with van der Waals surface area (Å²) in [5.74, 6) is -0.0838. The fourth-order valence-electron chi connectivity index (χ4n) is 1.42. The lowest BCUT2D eigenvalue weighted by Gasteiger charge is -2.12. The van der Waals surface area contributed by atoms with Crippen molar-refractivity contribution in [2.75, 3.05) is 6.61 Å². The van der Waals surface area contributed by atoms with Gasteiger partial charge in [-0.05, 0) is 33.6 Å². The van der Waals surface area contributed by atoms with Crippen molar-refractivity contribution in [3.05, 3.63) is 0 Å². The summed E-state index contributed by atoms with van der Waals surface area (Å²) in [7, 11) is 0. The van der Waals surface area contributed by atoms with E-state index in [1.807, 2.05) is 20.8 Å². The molecule has 1 atom stereocenters. The van der Waals surface area contributed by atoms with E-state index in [0.717, 1.165) is 0 Å². The first-order valence-electron chi connectivity index (χ1n) is 6.15. The third kappa shape index (κ3) is 9.81. The highest BCUT2D eigenvalue weighted by atomic mass is 16.3. The zero-order chi connectivity index (χ0) is 13.3. The smallest absolute Gasteiger partial charge is 0.220 e. The molecule has 0 saturated carbocycles. The molecule has 5 nitrogen and oxygen atoms in total. The van der Waals surface area contributed by atoms with Crippen molar-refractivity contribution in [2.45, 2.75) is 58.5 Å². The molecule has 1 unspecified atom stereocenters. The van der Waals surface area contributed by atoms with E-state index in [0.29, 0.717) is 25.7 Å². The van der Waals surface area contributed by atoms with Crippen LogP contribution >= 0.6 is 0 Å². The molecule has 0 rings (SSSR count). The van der Waals surface area contributed by atoms with Gasteiger partial charge < -0.3 is 15.7 Å². The molecule has 0 heterocycles. The van der Waals surface area contributed by atoms with Gasteiger partial charge in [-0.25, -0.2) is 0 Å². The molecule has 0 aromatic carbocycles. The Balaban J connectivity index is 3.60. The Kier molecular flexibility index (Phi) is 8.40. The van der Waals surface area contributed by atoms with E-state index in [9.17, 15) is 9.59 Å². The molecule has 0 bridgehead atoms. The van der Waals surface area contributed by atoms with Gasteiger partial charge in [0.25, 0.3) is 0 Å². The minimum Gasteiger partial charge on any atom is -0.396 e. The number of carbonyl (C=O) groups excluding carboxylic acids is 2. The van der Waals surface area contributed by atoms with Crippen LogP contribution in [0.1, 0.15) is 46.5 Å². The van der Waals surface area contributed by atoms with Gasteiger partial charge in [-0.3, -0.25) is 9.59 Å². The van der Waals surface area contributed by atoms with Gasteiger partial charge in [0, 0.05) is 31.5 Å². The normalized spacial score (nSPS) is 12.3. The highest BCUT2D eigenvalue weighted by molar-refractivity contribution is 5.79. The zero-order valence-electron chi connectivity index (χ0n) is 11.0. The van der Waals surface area contributed by atoms with Crippen LogP contribution in [0, 0.1) is 0 Å². The van der Waals surface area contributed by atoms with Crippen molar-refractivity contribution in [1.82, 2.24) is 10.6 Å². The second-order valence-electron chi connectivity index (χ2n) is 4.56. The van der Waals surface area contributed by atoms with Crippen molar-refractivity contribution in [3.63, 3.8) is 0 Å². The van der Waals surface area contributed by atoms with Crippen LogP contribution in [0.3, 0.4) is 0 Å². The SMILES string of the molecule is CC(C)NC(=O)CCCC(=O)NC(C)CCO. The van der Waals surface area contributed by atoms with Crippen molar-refractivity contribution < 1.29 is 14.7 Å². The molecule has 0 aromatic heterocycles. The van der Waals surface area contributed by atoms with E-state index in [4.69, 9.17) is 5.11 Å². The predicted molar refractivity (Wildman–Crippen MR) is 66.4 cm³/mol. The van der Waals surface area contributed by atoms with Crippen LogP contribution in [0.4, 0.5) is 0 Å². The van der Waals surface area contributed by atoms with Gasteiger partial charge in [0.1, 0.15) is 0 Å². The first kappa shape index (κ1) is 15.9. The molecular formula is C12H24N2O3. The summed E-state index contributed by atoms with van der Waals surface area (Å²) in [4.78, 5) is 22.7. The van der Waals surface area contributed by atoms with Gasteiger partial charge in [-0.2, -0.15) is 0 Å². The standard InChI is InChI=1S/C12H24N2O3/c1-9(2)13-11(16)5-4-6-12(17)14-10(3)7-8-15/h9-10,15H,4-8H2,1-3H3,(H,13,16)(H,14,17). The Morgan fingerprint density at radius 1 is 1.06 bits per heavy atom. The van der Waals surface area contributed by atoms with Gasteiger partial charge in [-0.1, -0.05) is 0 Å². The molecule has 17 heavy (non-hydrogen) atoms. The summed E-state index contributed by atoms with van der Waals surface area (Å²) in [6, 6.07) is 0.123. The summed E-state index contributed by atoms with van der Waals surface area (Å²) in [6.07, 6.45) is 1.83. The minimum absolute atomic E-state index is 0.0167. The molecule has 0 aliphatic rings. The lowest BCUT2D eigenvalue weighted by atomic mass is 10.2. The van der Waals surface area contributed by atoms with Crippen LogP contribution in [-0.2, 0) is 9.59 Å². The van der Waals surface area contributed by atoms with Crippen molar-refractivity contribution in [2.24, 2.45) is 0 Å². The fourth-order valence-corrected chi connectivity index (χ4v) is 1.42. The maximum Gasteiger partial charge on any atom is 0.220 e. The summed E-state index contributed by atoms with van der Waals surface area (Å²) in [5.41, 5.74) is 0. The lowest BCUT2D eigenvalue weighted by molar-refractivity contribution is -0.123. The maximum absolute atomic E-state index is 11.4. The third-order valence-electron chi connectivity index (χ3n) is 2.23. The summed E-state index contributed by atoms with van der Waals surface area (Å²) < 4.78 is 0. The average Bonchev–Trinajstić information content (AvgIpc) is 2.16. The summed E-state index contributed by atoms with van der Waals surface area (Å²) >= 11 is 0. The van der Waals surface area contributed by atoms with E-state index in [-0.39, 0.29) is 30.5 Å². The minimum atomic E-state index is -0.0664. The number of hydrogen-bond acceptors (Lipinski definition) is 3. The molecule has 0 aromatic rings. The van der Waals surface area contributed by atoms with E-state index in [2.05, 4.69) is 10.6 Å². The number of aliphatic hydroxyl groups is 1. The number of amides is 2. The molecule has 3 N–H and O–H groups in total. The maximum atomic E-state index is 11.4. The van der Waals surface area contributed by atoms with E-state index in [1.54, 1.807) is 0 Å². The molecule has 0 saturated heterocycles. The van der Waals surface area contributed by atoms with Gasteiger partial charge >= 0.3 is 0 Å². The first-order chi connectivity index (χ1) is 7.95. The predicted octanol–water partition coefficient (Wildman–Crippen LogP) is 0.568. The number of aliphatic hydroxyl groups excluding tert-OH is 1. The number of hydrogen-bond donors (Lipinski definition) is 3. The molecule has 2 amide bonds. The largest absolute Gasteiger partial charge is 0.396 e. The van der Waals surface area contributed by atoms with Gasteiger partial charge in [-0.15, -0.1) is 0 Å². The van der Waals surface area contributed by atoms with Crippen molar-refractivity contribution in [3.8, 4) is 0 Å². The van der Waals surface area contributed by atoms with Crippen LogP contribution in [-0.4, -0.2) is 35.6 Å². The molecule has 0 aliphatic heterocycles. The Morgan fingerprint density at radius 3 is 2.06 bits per heavy atom. The Labute approximate surface area is 103 Å². The van der Waals surface area contributed by atoms with Crippen LogP contribution in [0.5, 0.6) is 0 Å². The number of nitrogens with one attached hydrogen (secondary N) is 2. The highest BCUT2D eigenvalue weighted by Crippen LogP contribution is 1.98. The van der Waals surface area contributed by atoms with Crippen molar-refractivity contribution in [1.29, 1.82) is 0 Å². The lowest BCUT2D eigenvalue weighted by Crippen LogP contribution is -2.33. The number of carbonyl (C=O) groups is 2. The Hall–Kier alpha value is -1.10. The molecule has 5 heteroatoms. The topological polar surface area (TPSA) is 78.4 Å². The van der Waals surface area contributed by atoms with Crippen LogP contribution in [0.15, 0.2) is 0 Å². The van der Waals surface area contributed by atoms with E-state index >= 15 is 0 Å². The monoisotopic (exact) mass is 244 g/mol. The first-order valence-corrected chi connectivity index (χ1v) is 6.15. The molecule has 0 radical (unpaired) electrons.